The molecule has 2 nitrogen and oxygen atoms in total. The molecule has 0 aliphatic rings. The Morgan fingerprint density at radius 2 is 2.05 bits per heavy atom. The van der Waals surface area contributed by atoms with Gasteiger partial charge in [0.05, 0.1) is 7.11 Å². The van der Waals surface area contributed by atoms with Gasteiger partial charge in [-0.25, -0.2) is 4.39 Å². The first-order valence-electron chi connectivity index (χ1n) is 6.39. The molecule has 2 aromatic carbocycles. The van der Waals surface area contributed by atoms with Crippen molar-refractivity contribution in [1.82, 2.24) is 5.32 Å². The van der Waals surface area contributed by atoms with Gasteiger partial charge in [0.1, 0.15) is 11.6 Å². The molecule has 0 bridgehead atoms. The number of hydrogen-bond donors (Lipinski definition) is 1. The summed E-state index contributed by atoms with van der Waals surface area (Å²) in [6.07, 6.45) is 0.804. The maximum atomic E-state index is 13.2. The standard InChI is InChI=1S/C16H17BrFNO/c1-19-16(14-7-6-12(18)10-15(14)17)9-11-4-3-5-13(8-11)20-2/h3-8,10,16,19H,9H2,1-2H3. The van der Waals surface area contributed by atoms with Gasteiger partial charge in [0, 0.05) is 10.5 Å². The van der Waals surface area contributed by atoms with Gasteiger partial charge >= 0.3 is 0 Å². The normalized spacial score (nSPS) is 12.2. The first-order valence-corrected chi connectivity index (χ1v) is 7.18. The molecule has 1 atom stereocenters. The third-order valence-corrected chi connectivity index (χ3v) is 3.95. The van der Waals surface area contributed by atoms with Crippen LogP contribution in [0.2, 0.25) is 0 Å². The number of hydrogen-bond acceptors (Lipinski definition) is 2. The van der Waals surface area contributed by atoms with Crippen molar-refractivity contribution in [3.8, 4) is 5.75 Å². The van der Waals surface area contributed by atoms with E-state index in [-0.39, 0.29) is 11.9 Å². The Kier molecular flexibility index (Phi) is 5.15. The zero-order chi connectivity index (χ0) is 14.5. The highest BCUT2D eigenvalue weighted by Gasteiger charge is 2.14. The Morgan fingerprint density at radius 1 is 1.25 bits per heavy atom. The van der Waals surface area contributed by atoms with Crippen molar-refractivity contribution in [2.24, 2.45) is 0 Å². The largest absolute Gasteiger partial charge is 0.497 e. The molecule has 0 amide bonds. The van der Waals surface area contributed by atoms with E-state index in [0.717, 1.165) is 22.2 Å². The number of halogens is 2. The average Bonchev–Trinajstić information content (AvgIpc) is 2.45. The zero-order valence-electron chi connectivity index (χ0n) is 11.5. The highest BCUT2D eigenvalue weighted by atomic mass is 79.9. The van der Waals surface area contributed by atoms with Crippen molar-refractivity contribution in [3.63, 3.8) is 0 Å². The van der Waals surface area contributed by atoms with Gasteiger partial charge in [-0.15, -0.1) is 0 Å². The van der Waals surface area contributed by atoms with E-state index in [1.54, 1.807) is 13.2 Å². The van der Waals surface area contributed by atoms with Crippen LogP contribution < -0.4 is 10.1 Å². The minimum atomic E-state index is -0.239. The fourth-order valence-corrected chi connectivity index (χ4v) is 2.81. The van der Waals surface area contributed by atoms with Gasteiger partial charge < -0.3 is 10.1 Å². The van der Waals surface area contributed by atoms with E-state index in [2.05, 4.69) is 27.3 Å². The molecule has 0 aliphatic carbocycles. The first-order chi connectivity index (χ1) is 9.63. The second-order valence-electron chi connectivity index (χ2n) is 4.56. The average molecular weight is 338 g/mol. The molecular formula is C16H17BrFNO. The van der Waals surface area contributed by atoms with Crippen molar-refractivity contribution >= 4 is 15.9 Å². The molecule has 0 saturated heterocycles. The summed E-state index contributed by atoms with van der Waals surface area (Å²) in [6.45, 7) is 0. The van der Waals surface area contributed by atoms with Crippen LogP contribution >= 0.6 is 15.9 Å². The van der Waals surface area contributed by atoms with Gasteiger partial charge in [-0.1, -0.05) is 34.1 Å². The van der Waals surface area contributed by atoms with Crippen LogP contribution in [-0.4, -0.2) is 14.2 Å². The van der Waals surface area contributed by atoms with Gasteiger partial charge in [0.15, 0.2) is 0 Å². The van der Waals surface area contributed by atoms with Crippen LogP contribution in [0.3, 0.4) is 0 Å². The van der Waals surface area contributed by atoms with Gasteiger partial charge in [0.25, 0.3) is 0 Å². The summed E-state index contributed by atoms with van der Waals surface area (Å²) in [7, 11) is 3.56. The van der Waals surface area contributed by atoms with Crippen LogP contribution in [0.25, 0.3) is 0 Å². The smallest absolute Gasteiger partial charge is 0.124 e. The lowest BCUT2D eigenvalue weighted by Crippen LogP contribution is -2.19. The fourth-order valence-electron chi connectivity index (χ4n) is 2.19. The highest BCUT2D eigenvalue weighted by molar-refractivity contribution is 9.10. The molecule has 0 aromatic heterocycles. The summed E-state index contributed by atoms with van der Waals surface area (Å²) in [5, 5.41) is 3.27. The fraction of sp³-hybridized carbons (Fsp3) is 0.250. The van der Waals surface area contributed by atoms with E-state index in [1.165, 1.54) is 17.7 Å². The summed E-state index contributed by atoms with van der Waals surface area (Å²) in [4.78, 5) is 0. The second kappa shape index (κ2) is 6.86. The minimum Gasteiger partial charge on any atom is -0.497 e. The minimum absolute atomic E-state index is 0.108. The molecule has 0 fully saturated rings. The quantitative estimate of drug-likeness (QED) is 0.886. The number of ether oxygens (including phenoxy) is 1. The molecule has 0 radical (unpaired) electrons. The van der Waals surface area contributed by atoms with Crippen LogP contribution in [-0.2, 0) is 6.42 Å². The molecule has 0 spiro atoms. The SMILES string of the molecule is CNC(Cc1cccc(OC)c1)c1ccc(F)cc1Br. The number of nitrogens with one attached hydrogen (secondary N) is 1. The number of rotatable bonds is 5. The Labute approximate surface area is 127 Å². The van der Waals surface area contributed by atoms with E-state index < -0.39 is 0 Å². The highest BCUT2D eigenvalue weighted by Crippen LogP contribution is 2.27. The topological polar surface area (TPSA) is 21.3 Å². The van der Waals surface area contributed by atoms with Crippen molar-refractivity contribution in [3.05, 3.63) is 63.9 Å². The molecule has 4 heteroatoms. The molecule has 0 saturated carbocycles. The third kappa shape index (κ3) is 3.58. The number of benzene rings is 2. The van der Waals surface area contributed by atoms with Gasteiger partial charge in [-0.3, -0.25) is 0 Å². The molecule has 1 unspecified atom stereocenters. The van der Waals surface area contributed by atoms with Gasteiger partial charge in [-0.05, 0) is 48.9 Å². The summed E-state index contributed by atoms with van der Waals surface area (Å²) in [5.74, 6) is 0.604. The maximum absolute atomic E-state index is 13.2. The van der Waals surface area contributed by atoms with Crippen LogP contribution in [0, 0.1) is 5.82 Å². The molecular weight excluding hydrogens is 321 g/mol. The third-order valence-electron chi connectivity index (χ3n) is 3.26. The van der Waals surface area contributed by atoms with E-state index in [9.17, 15) is 4.39 Å². The summed E-state index contributed by atoms with van der Waals surface area (Å²) < 4.78 is 19.2. The molecule has 1 N–H and O–H groups in total. The van der Waals surface area contributed by atoms with E-state index >= 15 is 0 Å². The van der Waals surface area contributed by atoms with Crippen molar-refractivity contribution < 1.29 is 9.13 Å². The van der Waals surface area contributed by atoms with E-state index in [1.807, 2.05) is 25.2 Å². The second-order valence-corrected chi connectivity index (χ2v) is 5.42. The molecule has 20 heavy (non-hydrogen) atoms. The van der Waals surface area contributed by atoms with Crippen molar-refractivity contribution in [1.29, 1.82) is 0 Å². The molecule has 0 heterocycles. The van der Waals surface area contributed by atoms with Crippen LogP contribution in [0.4, 0.5) is 4.39 Å². The molecule has 106 valence electrons. The van der Waals surface area contributed by atoms with E-state index in [4.69, 9.17) is 4.74 Å². The Balaban J connectivity index is 2.23. The summed E-state index contributed by atoms with van der Waals surface area (Å²) >= 11 is 3.43. The molecule has 0 aliphatic heterocycles. The van der Waals surface area contributed by atoms with Crippen LogP contribution in [0.15, 0.2) is 46.9 Å². The van der Waals surface area contributed by atoms with Crippen LogP contribution in [0.5, 0.6) is 5.75 Å². The monoisotopic (exact) mass is 337 g/mol. The molecule has 2 rings (SSSR count). The zero-order valence-corrected chi connectivity index (χ0v) is 13.1. The lowest BCUT2D eigenvalue weighted by molar-refractivity contribution is 0.414. The van der Waals surface area contributed by atoms with E-state index in [0.29, 0.717) is 0 Å². The van der Waals surface area contributed by atoms with Gasteiger partial charge in [0.2, 0.25) is 0 Å². The number of likely N-dealkylation sites (N-methyl/N-ethyl adjacent to an activating group) is 1. The summed E-state index contributed by atoms with van der Waals surface area (Å²) in [6, 6.07) is 12.9. The first kappa shape index (κ1) is 15.0. The Hall–Kier alpha value is -1.39. The Bertz CT molecular complexity index is 588. The lowest BCUT2D eigenvalue weighted by Gasteiger charge is -2.18. The molecule has 2 aromatic rings. The predicted octanol–water partition coefficient (Wildman–Crippen LogP) is 4.10. The maximum Gasteiger partial charge on any atom is 0.124 e. The van der Waals surface area contributed by atoms with Crippen molar-refractivity contribution in [2.45, 2.75) is 12.5 Å². The van der Waals surface area contributed by atoms with Crippen molar-refractivity contribution in [2.75, 3.05) is 14.2 Å². The van der Waals surface area contributed by atoms with Crippen LogP contribution in [0.1, 0.15) is 17.2 Å². The predicted molar refractivity (Wildman–Crippen MR) is 82.6 cm³/mol. The lowest BCUT2D eigenvalue weighted by atomic mass is 9.99. The summed E-state index contributed by atoms with van der Waals surface area (Å²) in [5.41, 5.74) is 2.21. The number of methoxy groups -OCH3 is 1. The van der Waals surface area contributed by atoms with Gasteiger partial charge in [-0.2, -0.15) is 0 Å². The Morgan fingerprint density at radius 3 is 2.70 bits per heavy atom.